The van der Waals surface area contributed by atoms with Crippen molar-refractivity contribution >= 4 is 10.9 Å². The number of hydrogen-bond acceptors (Lipinski definition) is 2. The third kappa shape index (κ3) is 1.46. The molecule has 2 aromatic rings. The van der Waals surface area contributed by atoms with Crippen LogP contribution >= 0.6 is 0 Å². The lowest BCUT2D eigenvalue weighted by atomic mass is 10.1. The lowest BCUT2D eigenvalue weighted by molar-refractivity contribution is 0.283. The van der Waals surface area contributed by atoms with Crippen molar-refractivity contribution < 1.29 is 9.50 Å². The second kappa shape index (κ2) is 3.35. The highest BCUT2D eigenvalue weighted by atomic mass is 19.1. The topological polar surface area (TPSA) is 33.1 Å². The Hall–Kier alpha value is -1.48. The smallest absolute Gasteiger partial charge is 0.123 e. The monoisotopic (exact) mass is 191 g/mol. The summed E-state index contributed by atoms with van der Waals surface area (Å²) in [5.41, 5.74) is 2.26. The van der Waals surface area contributed by atoms with Crippen molar-refractivity contribution in [3.05, 3.63) is 41.3 Å². The molecule has 3 heteroatoms. The molecule has 2 nitrogen and oxygen atoms in total. The first-order valence-corrected chi connectivity index (χ1v) is 4.37. The molecular weight excluding hydrogens is 181 g/mol. The molecule has 1 aromatic heterocycles. The number of aliphatic hydroxyl groups excluding tert-OH is 1. The predicted octanol–water partition coefficient (Wildman–Crippen LogP) is 2.17. The van der Waals surface area contributed by atoms with E-state index in [4.69, 9.17) is 5.11 Å². The molecule has 0 aliphatic rings. The standard InChI is InChI=1S/C11H10FNO/c1-7-4-8(6-14)10-5-9(12)2-3-11(10)13-7/h2-5,14H,6H2,1H3. The quantitative estimate of drug-likeness (QED) is 0.749. The van der Waals surface area contributed by atoms with Gasteiger partial charge in [0, 0.05) is 11.1 Å². The van der Waals surface area contributed by atoms with Crippen molar-refractivity contribution in [1.29, 1.82) is 0 Å². The average Bonchev–Trinajstić information content (AvgIpc) is 2.17. The average molecular weight is 191 g/mol. The fourth-order valence-corrected chi connectivity index (χ4v) is 1.55. The van der Waals surface area contributed by atoms with Gasteiger partial charge >= 0.3 is 0 Å². The van der Waals surface area contributed by atoms with E-state index in [1.807, 2.05) is 6.92 Å². The van der Waals surface area contributed by atoms with Gasteiger partial charge in [-0.1, -0.05) is 0 Å². The number of aryl methyl sites for hydroxylation is 1. The van der Waals surface area contributed by atoms with Crippen LogP contribution in [0.1, 0.15) is 11.3 Å². The van der Waals surface area contributed by atoms with Crippen molar-refractivity contribution in [2.45, 2.75) is 13.5 Å². The molecule has 0 amide bonds. The molecule has 0 saturated carbocycles. The Bertz CT molecular complexity index is 482. The van der Waals surface area contributed by atoms with E-state index in [1.165, 1.54) is 12.1 Å². The van der Waals surface area contributed by atoms with Crippen molar-refractivity contribution in [3.8, 4) is 0 Å². The van der Waals surface area contributed by atoms with Crippen LogP contribution in [0.4, 0.5) is 4.39 Å². The number of nitrogens with zero attached hydrogens (tertiary/aromatic N) is 1. The van der Waals surface area contributed by atoms with Crippen LogP contribution in [-0.4, -0.2) is 10.1 Å². The molecular formula is C11H10FNO. The van der Waals surface area contributed by atoms with Gasteiger partial charge in [-0.05, 0) is 36.8 Å². The van der Waals surface area contributed by atoms with Gasteiger partial charge in [-0.25, -0.2) is 4.39 Å². The van der Waals surface area contributed by atoms with Gasteiger partial charge in [0.25, 0.3) is 0 Å². The van der Waals surface area contributed by atoms with E-state index in [-0.39, 0.29) is 12.4 Å². The molecule has 0 atom stereocenters. The number of benzene rings is 1. The molecule has 0 bridgehead atoms. The molecule has 2 rings (SSSR count). The lowest BCUT2D eigenvalue weighted by Gasteiger charge is -2.04. The van der Waals surface area contributed by atoms with Gasteiger partial charge < -0.3 is 5.11 Å². The first kappa shape index (κ1) is 9.09. The fraction of sp³-hybridized carbons (Fsp3) is 0.182. The van der Waals surface area contributed by atoms with Crippen molar-refractivity contribution in [2.75, 3.05) is 0 Å². The van der Waals surface area contributed by atoms with E-state index in [1.54, 1.807) is 12.1 Å². The molecule has 1 heterocycles. The zero-order valence-corrected chi connectivity index (χ0v) is 7.79. The van der Waals surface area contributed by atoms with Crippen molar-refractivity contribution in [3.63, 3.8) is 0 Å². The third-order valence-electron chi connectivity index (χ3n) is 2.15. The molecule has 1 N–H and O–H groups in total. The van der Waals surface area contributed by atoms with Crippen LogP contribution in [0.2, 0.25) is 0 Å². The highest BCUT2D eigenvalue weighted by molar-refractivity contribution is 5.82. The van der Waals surface area contributed by atoms with Crippen LogP contribution in [0.3, 0.4) is 0 Å². The predicted molar refractivity (Wildman–Crippen MR) is 52.4 cm³/mol. The van der Waals surface area contributed by atoms with Crippen LogP contribution in [0.5, 0.6) is 0 Å². The maximum atomic E-state index is 12.9. The van der Waals surface area contributed by atoms with E-state index < -0.39 is 0 Å². The maximum Gasteiger partial charge on any atom is 0.123 e. The van der Waals surface area contributed by atoms with Crippen molar-refractivity contribution in [1.82, 2.24) is 4.98 Å². The number of aliphatic hydroxyl groups is 1. The number of halogens is 1. The maximum absolute atomic E-state index is 12.9. The molecule has 72 valence electrons. The Kier molecular flexibility index (Phi) is 2.17. The molecule has 0 aliphatic carbocycles. The number of pyridine rings is 1. The summed E-state index contributed by atoms with van der Waals surface area (Å²) in [5.74, 6) is -0.308. The molecule has 14 heavy (non-hydrogen) atoms. The van der Waals surface area contributed by atoms with Gasteiger partial charge in [0.1, 0.15) is 5.82 Å². The zero-order valence-electron chi connectivity index (χ0n) is 7.79. The van der Waals surface area contributed by atoms with Crippen LogP contribution in [0.25, 0.3) is 10.9 Å². The Labute approximate surface area is 81.0 Å². The summed E-state index contributed by atoms with van der Waals surface area (Å²) >= 11 is 0. The van der Waals surface area contributed by atoms with Gasteiger partial charge in [-0.3, -0.25) is 4.98 Å². The molecule has 0 radical (unpaired) electrons. The highest BCUT2D eigenvalue weighted by Gasteiger charge is 2.03. The van der Waals surface area contributed by atoms with E-state index in [9.17, 15) is 4.39 Å². The van der Waals surface area contributed by atoms with Crippen LogP contribution < -0.4 is 0 Å². The van der Waals surface area contributed by atoms with Gasteiger partial charge in [0.2, 0.25) is 0 Å². The normalized spacial score (nSPS) is 10.8. The number of hydrogen-bond donors (Lipinski definition) is 1. The first-order chi connectivity index (χ1) is 6.70. The molecule has 1 aromatic carbocycles. The molecule has 0 unspecified atom stereocenters. The summed E-state index contributed by atoms with van der Waals surface area (Å²) < 4.78 is 12.9. The Morgan fingerprint density at radius 3 is 2.86 bits per heavy atom. The number of aromatic nitrogens is 1. The summed E-state index contributed by atoms with van der Waals surface area (Å²) in [6.07, 6.45) is 0. The summed E-state index contributed by atoms with van der Waals surface area (Å²) in [5, 5.41) is 9.78. The van der Waals surface area contributed by atoms with E-state index in [2.05, 4.69) is 4.98 Å². The van der Waals surface area contributed by atoms with Gasteiger partial charge in [-0.15, -0.1) is 0 Å². The Balaban J connectivity index is 2.81. The van der Waals surface area contributed by atoms with E-state index in [0.717, 1.165) is 11.2 Å². The lowest BCUT2D eigenvalue weighted by Crippen LogP contribution is -1.92. The van der Waals surface area contributed by atoms with Gasteiger partial charge in [-0.2, -0.15) is 0 Å². The fourth-order valence-electron chi connectivity index (χ4n) is 1.55. The summed E-state index contributed by atoms with van der Waals surface area (Å²) in [6, 6.07) is 6.15. The minimum Gasteiger partial charge on any atom is -0.392 e. The van der Waals surface area contributed by atoms with Gasteiger partial charge in [0.15, 0.2) is 0 Å². The summed E-state index contributed by atoms with van der Waals surface area (Å²) in [6.45, 7) is 1.76. The molecule has 0 fully saturated rings. The minimum atomic E-state index is -0.308. The molecule has 0 spiro atoms. The highest BCUT2D eigenvalue weighted by Crippen LogP contribution is 2.19. The van der Waals surface area contributed by atoms with Gasteiger partial charge in [0.05, 0.1) is 12.1 Å². The second-order valence-electron chi connectivity index (χ2n) is 3.24. The summed E-state index contributed by atoms with van der Waals surface area (Å²) in [7, 11) is 0. The number of fused-ring (bicyclic) bond motifs is 1. The molecule has 0 saturated heterocycles. The minimum absolute atomic E-state index is 0.0939. The van der Waals surface area contributed by atoms with Crippen LogP contribution in [0.15, 0.2) is 24.3 Å². The Morgan fingerprint density at radius 2 is 2.14 bits per heavy atom. The SMILES string of the molecule is Cc1cc(CO)c2cc(F)ccc2n1. The first-order valence-electron chi connectivity index (χ1n) is 4.37. The van der Waals surface area contributed by atoms with Crippen LogP contribution in [-0.2, 0) is 6.61 Å². The molecule has 0 aliphatic heterocycles. The van der Waals surface area contributed by atoms with Crippen LogP contribution in [0, 0.1) is 12.7 Å². The van der Waals surface area contributed by atoms with E-state index in [0.29, 0.717) is 10.9 Å². The Morgan fingerprint density at radius 1 is 1.36 bits per heavy atom. The summed E-state index contributed by atoms with van der Waals surface area (Å²) in [4.78, 5) is 4.25. The van der Waals surface area contributed by atoms with Crippen molar-refractivity contribution in [2.24, 2.45) is 0 Å². The largest absolute Gasteiger partial charge is 0.392 e. The zero-order chi connectivity index (χ0) is 10.1. The second-order valence-corrected chi connectivity index (χ2v) is 3.24. The third-order valence-corrected chi connectivity index (χ3v) is 2.15. The number of rotatable bonds is 1. The van der Waals surface area contributed by atoms with E-state index >= 15 is 0 Å².